The number of amides is 1. The van der Waals surface area contributed by atoms with Gasteiger partial charge in [-0.25, -0.2) is 0 Å². The number of hydrogen-bond donors (Lipinski definition) is 2. The number of nitrogens with one attached hydrogen (secondary N) is 1. The number of likely N-dealkylation sites (N-methyl/N-ethyl adjacent to an activating group) is 1. The van der Waals surface area contributed by atoms with Crippen LogP contribution in [0.1, 0.15) is 335 Å². The summed E-state index contributed by atoms with van der Waals surface area (Å²) in [6, 6.07) is -0.800. The molecule has 2 N–H and O–H groups in total. The second-order valence-corrected chi connectivity index (χ2v) is 25.6. The quantitative estimate of drug-likeness (QED) is 0.0272. The van der Waals surface area contributed by atoms with E-state index in [9.17, 15) is 19.4 Å². The number of hydrogen-bond acceptors (Lipinski definition) is 6. The van der Waals surface area contributed by atoms with E-state index in [-0.39, 0.29) is 19.1 Å². The number of phosphoric ester groups is 1. The van der Waals surface area contributed by atoms with Crippen LogP contribution in [0.3, 0.4) is 0 Å². The number of rotatable bonds is 62. The van der Waals surface area contributed by atoms with E-state index in [1.54, 1.807) is 0 Å². The van der Waals surface area contributed by atoms with E-state index in [2.05, 4.69) is 55.6 Å². The largest absolute Gasteiger partial charge is 0.756 e. The van der Waals surface area contributed by atoms with Crippen molar-refractivity contribution in [2.75, 3.05) is 40.9 Å². The van der Waals surface area contributed by atoms with Crippen LogP contribution in [0.15, 0.2) is 36.5 Å². The molecule has 0 bridgehead atoms. The third-order valence-electron chi connectivity index (χ3n) is 15.4. The number of phosphoric acid groups is 1. The molecule has 0 aromatic carbocycles. The third-order valence-corrected chi connectivity index (χ3v) is 16.3. The molecule has 1 amide bonds. The van der Waals surface area contributed by atoms with E-state index in [1.807, 2.05) is 21.1 Å². The van der Waals surface area contributed by atoms with Gasteiger partial charge in [-0.15, -0.1) is 0 Å². The fourth-order valence-corrected chi connectivity index (χ4v) is 10.9. The number of allylic oxidation sites excluding steroid dienone is 6. The Morgan fingerprint density at radius 3 is 1.11 bits per heavy atom. The molecule has 0 heterocycles. The minimum absolute atomic E-state index is 0.0140. The van der Waals surface area contributed by atoms with Gasteiger partial charge >= 0.3 is 0 Å². The van der Waals surface area contributed by atoms with Crippen LogP contribution in [-0.4, -0.2) is 68.5 Å². The minimum atomic E-state index is -4.58. The Kier molecular flexibility index (Phi) is 57.4. The van der Waals surface area contributed by atoms with Crippen LogP contribution < -0.4 is 10.2 Å². The summed E-state index contributed by atoms with van der Waals surface area (Å²) in [5, 5.41) is 14.1. The maximum Gasteiger partial charge on any atom is 0.268 e. The Hall–Kier alpha value is -1.28. The zero-order valence-corrected chi connectivity index (χ0v) is 52.4. The van der Waals surface area contributed by atoms with E-state index in [1.165, 1.54) is 257 Å². The van der Waals surface area contributed by atoms with Crippen molar-refractivity contribution in [1.29, 1.82) is 0 Å². The average Bonchev–Trinajstić information content (AvgIpc) is 3.38. The summed E-state index contributed by atoms with van der Waals surface area (Å²) < 4.78 is 23.5. The first-order valence-corrected chi connectivity index (χ1v) is 34.8. The smallest absolute Gasteiger partial charge is 0.268 e. The van der Waals surface area contributed by atoms with Crippen molar-refractivity contribution in [2.45, 2.75) is 347 Å². The lowest BCUT2D eigenvalue weighted by Gasteiger charge is -2.30. The molecular weight excluding hydrogens is 960 g/mol. The van der Waals surface area contributed by atoms with Crippen LogP contribution in [-0.2, 0) is 18.4 Å². The van der Waals surface area contributed by atoms with Crippen molar-refractivity contribution in [3.8, 4) is 0 Å². The molecule has 76 heavy (non-hydrogen) atoms. The van der Waals surface area contributed by atoms with Gasteiger partial charge < -0.3 is 28.8 Å². The lowest BCUT2D eigenvalue weighted by atomic mass is 10.0. The summed E-state index contributed by atoms with van der Waals surface area (Å²) in [6.07, 6.45) is 76.3. The van der Waals surface area contributed by atoms with E-state index in [4.69, 9.17) is 9.05 Å². The molecule has 0 aromatic heterocycles. The predicted molar refractivity (Wildman–Crippen MR) is 330 cm³/mol. The Morgan fingerprint density at radius 2 is 0.763 bits per heavy atom. The molecule has 0 fully saturated rings. The second kappa shape index (κ2) is 58.4. The molecular formula is C67H131N2O6P. The van der Waals surface area contributed by atoms with Crippen molar-refractivity contribution in [2.24, 2.45) is 0 Å². The highest BCUT2D eigenvalue weighted by Crippen LogP contribution is 2.38. The highest BCUT2D eigenvalue weighted by Gasteiger charge is 2.24. The molecule has 0 rings (SSSR count). The van der Waals surface area contributed by atoms with Crippen molar-refractivity contribution < 1.29 is 32.9 Å². The summed E-state index contributed by atoms with van der Waals surface area (Å²) in [7, 11) is 1.32. The van der Waals surface area contributed by atoms with Gasteiger partial charge in [-0.05, 0) is 51.4 Å². The zero-order valence-electron chi connectivity index (χ0n) is 51.5. The van der Waals surface area contributed by atoms with Gasteiger partial charge in [-0.3, -0.25) is 9.36 Å². The Labute approximate surface area is 474 Å². The molecule has 8 nitrogen and oxygen atoms in total. The van der Waals surface area contributed by atoms with Crippen LogP contribution in [0.4, 0.5) is 0 Å². The Balaban J connectivity index is 4.01. The number of quaternary nitrogens is 1. The van der Waals surface area contributed by atoms with Gasteiger partial charge in [-0.1, -0.05) is 314 Å². The fourth-order valence-electron chi connectivity index (χ4n) is 10.2. The zero-order chi connectivity index (χ0) is 55.6. The fraction of sp³-hybridized carbons (Fsp3) is 0.896. The molecule has 0 saturated carbocycles. The first-order valence-electron chi connectivity index (χ1n) is 33.3. The number of aliphatic hydroxyl groups excluding tert-OH is 1. The van der Waals surface area contributed by atoms with Gasteiger partial charge in [0.1, 0.15) is 13.2 Å². The average molecular weight is 1090 g/mol. The molecule has 3 unspecified atom stereocenters. The third kappa shape index (κ3) is 60.4. The van der Waals surface area contributed by atoms with Crippen LogP contribution in [0.25, 0.3) is 0 Å². The molecule has 0 saturated heterocycles. The van der Waals surface area contributed by atoms with Gasteiger partial charge in [0.05, 0.1) is 39.9 Å². The van der Waals surface area contributed by atoms with Crippen LogP contribution in [0.5, 0.6) is 0 Å². The highest BCUT2D eigenvalue weighted by molar-refractivity contribution is 7.45. The van der Waals surface area contributed by atoms with Crippen molar-refractivity contribution >= 4 is 13.7 Å². The highest BCUT2D eigenvalue weighted by atomic mass is 31.2. The van der Waals surface area contributed by atoms with E-state index in [0.717, 1.165) is 51.4 Å². The van der Waals surface area contributed by atoms with Gasteiger partial charge in [-0.2, -0.15) is 0 Å². The number of carbonyl (C=O) groups is 1. The molecule has 0 spiro atoms. The normalized spacial score (nSPS) is 13.9. The number of carbonyl (C=O) groups excluding carboxylic acids is 1. The molecule has 0 radical (unpaired) electrons. The van der Waals surface area contributed by atoms with Crippen molar-refractivity contribution in [3.05, 3.63) is 36.5 Å². The first-order chi connectivity index (χ1) is 37.0. The Morgan fingerprint density at radius 1 is 0.461 bits per heavy atom. The van der Waals surface area contributed by atoms with Gasteiger partial charge in [0, 0.05) is 6.42 Å². The molecule has 3 atom stereocenters. The van der Waals surface area contributed by atoms with E-state index < -0.39 is 20.0 Å². The minimum Gasteiger partial charge on any atom is -0.756 e. The number of unbranched alkanes of at least 4 members (excludes halogenated alkanes) is 43. The van der Waals surface area contributed by atoms with Crippen molar-refractivity contribution in [1.82, 2.24) is 5.32 Å². The van der Waals surface area contributed by atoms with Crippen LogP contribution >= 0.6 is 7.82 Å². The van der Waals surface area contributed by atoms with Gasteiger partial charge in [0.15, 0.2) is 0 Å². The first kappa shape index (κ1) is 74.7. The number of aliphatic hydroxyl groups is 1. The second-order valence-electron chi connectivity index (χ2n) is 24.2. The topological polar surface area (TPSA) is 108 Å². The maximum absolute atomic E-state index is 13.0. The summed E-state index contributed by atoms with van der Waals surface area (Å²) in [4.78, 5) is 25.6. The van der Waals surface area contributed by atoms with Gasteiger partial charge in [0.25, 0.3) is 7.82 Å². The van der Waals surface area contributed by atoms with Crippen LogP contribution in [0.2, 0.25) is 0 Å². The molecule has 0 aliphatic heterocycles. The molecule has 0 aliphatic rings. The SMILES string of the molecule is CCCCCCC/C=C\C/C=C\C/C=C\CCCCCCCCCCCCCCCCCCCCC(=O)NC(COP(=O)([O-])OCC[N+](C)(C)C)C(O)CCCCCCCCCCCCCCCCCCCCCCC. The maximum atomic E-state index is 13.0. The molecule has 0 aromatic rings. The van der Waals surface area contributed by atoms with Gasteiger partial charge in [0.2, 0.25) is 5.91 Å². The lowest BCUT2D eigenvalue weighted by molar-refractivity contribution is -0.870. The summed E-state index contributed by atoms with van der Waals surface area (Å²) in [5.74, 6) is -0.159. The molecule has 9 heteroatoms. The van der Waals surface area contributed by atoms with Crippen LogP contribution in [0, 0.1) is 0 Å². The monoisotopic (exact) mass is 1090 g/mol. The summed E-state index contributed by atoms with van der Waals surface area (Å²) >= 11 is 0. The predicted octanol–water partition coefficient (Wildman–Crippen LogP) is 20.3. The Bertz CT molecular complexity index is 1330. The standard InChI is InChI=1S/C67H131N2O6P/c1-6-8-10-12-14-16-18-20-22-24-26-28-29-30-31-32-33-34-35-36-37-38-39-41-43-45-47-49-51-53-55-57-59-61-67(71)68-65(64-75-76(72,73)74-63-62-69(3,4)5)66(70)60-58-56-54-52-50-48-46-44-42-40-27-25-23-21-19-17-15-13-11-9-7-2/h18,20,24,26,29-30,65-66,70H,6-17,19,21-23,25,27-28,31-64H2,1-5H3,(H-,68,71,72,73)/b20-18-,26-24-,30-29-. The number of nitrogens with zero attached hydrogens (tertiary/aromatic N) is 1. The summed E-state index contributed by atoms with van der Waals surface area (Å²) in [6.45, 7) is 4.76. The van der Waals surface area contributed by atoms with Crippen molar-refractivity contribution in [3.63, 3.8) is 0 Å². The van der Waals surface area contributed by atoms with E-state index in [0.29, 0.717) is 23.9 Å². The summed E-state index contributed by atoms with van der Waals surface area (Å²) in [5.41, 5.74) is 0. The van der Waals surface area contributed by atoms with E-state index >= 15 is 0 Å². The lowest BCUT2D eigenvalue weighted by Crippen LogP contribution is -2.46. The molecule has 0 aliphatic carbocycles. The molecule has 450 valence electrons.